The number of carbonyl (C=O) groups excluding carboxylic acids is 1. The first kappa shape index (κ1) is 16.0. The van der Waals surface area contributed by atoms with Crippen molar-refractivity contribution in [2.24, 2.45) is 0 Å². The van der Waals surface area contributed by atoms with Crippen LogP contribution in [-0.4, -0.2) is 25.7 Å². The topological polar surface area (TPSA) is 72.7 Å². The fourth-order valence-electron chi connectivity index (χ4n) is 2.56. The zero-order valence-corrected chi connectivity index (χ0v) is 15.1. The number of rotatable bonds is 3. The molecule has 6 nitrogen and oxygen atoms in total. The molecule has 3 heterocycles. The van der Waals surface area contributed by atoms with Gasteiger partial charge in [-0.3, -0.25) is 10.1 Å². The number of halogens is 1. The van der Waals surface area contributed by atoms with Gasteiger partial charge in [0, 0.05) is 22.6 Å². The van der Waals surface area contributed by atoms with E-state index in [2.05, 4.69) is 20.4 Å². The van der Waals surface area contributed by atoms with Crippen molar-refractivity contribution in [3.63, 3.8) is 0 Å². The van der Waals surface area contributed by atoms with Crippen molar-refractivity contribution >= 4 is 55.2 Å². The average Bonchev–Trinajstić information content (AvgIpc) is 3.16. The van der Waals surface area contributed by atoms with E-state index in [4.69, 9.17) is 11.6 Å². The van der Waals surface area contributed by atoms with Crippen LogP contribution in [0.5, 0.6) is 0 Å². The molecule has 0 aliphatic heterocycles. The highest BCUT2D eigenvalue weighted by Gasteiger charge is 2.14. The van der Waals surface area contributed by atoms with Crippen LogP contribution in [0.1, 0.15) is 30.2 Å². The third-order valence-corrected chi connectivity index (χ3v) is 4.92. The van der Waals surface area contributed by atoms with Gasteiger partial charge in [-0.25, -0.2) is 14.6 Å². The van der Waals surface area contributed by atoms with Crippen LogP contribution >= 0.6 is 22.9 Å². The number of nitrogens with zero attached hydrogens (tertiary/aromatic N) is 4. The lowest BCUT2D eigenvalue weighted by Crippen LogP contribution is -2.12. The summed E-state index contributed by atoms with van der Waals surface area (Å²) in [5.74, 6) is -0.253. The first-order chi connectivity index (χ1) is 12.0. The van der Waals surface area contributed by atoms with E-state index in [1.165, 1.54) is 11.3 Å². The molecule has 1 N–H and O–H groups in total. The molecule has 0 saturated heterocycles. The summed E-state index contributed by atoms with van der Waals surface area (Å²) in [6.45, 7) is 4.07. The van der Waals surface area contributed by atoms with E-state index in [1.807, 2.05) is 30.7 Å². The standard InChI is InChI=1S/C17H14ClN5OS/c1-9(2)23-15-10(8-20-23)5-11(7-19-15)16(24)22-17-21-13-4-3-12(18)6-14(13)25-17/h3-9H,1-2H3,(H,21,22,24). The molecule has 0 aliphatic rings. The third-order valence-electron chi connectivity index (χ3n) is 3.76. The largest absolute Gasteiger partial charge is 0.298 e. The van der Waals surface area contributed by atoms with E-state index in [-0.39, 0.29) is 11.9 Å². The van der Waals surface area contributed by atoms with Gasteiger partial charge in [-0.15, -0.1) is 0 Å². The highest BCUT2D eigenvalue weighted by atomic mass is 35.5. The fourth-order valence-corrected chi connectivity index (χ4v) is 3.70. The Bertz CT molecular complexity index is 1100. The lowest BCUT2D eigenvalue weighted by Gasteiger charge is -2.06. The minimum Gasteiger partial charge on any atom is -0.298 e. The summed E-state index contributed by atoms with van der Waals surface area (Å²) >= 11 is 7.37. The van der Waals surface area contributed by atoms with E-state index in [1.54, 1.807) is 24.5 Å². The van der Waals surface area contributed by atoms with E-state index in [9.17, 15) is 4.79 Å². The maximum atomic E-state index is 12.5. The number of fused-ring (bicyclic) bond motifs is 2. The fraction of sp³-hybridized carbons (Fsp3) is 0.176. The molecule has 0 fully saturated rings. The van der Waals surface area contributed by atoms with Crippen LogP contribution < -0.4 is 5.32 Å². The van der Waals surface area contributed by atoms with Gasteiger partial charge in [-0.1, -0.05) is 22.9 Å². The predicted octanol–water partition coefficient (Wildman–Crippen LogP) is 4.53. The molecule has 1 amide bonds. The Kier molecular flexibility index (Phi) is 3.89. The molecule has 126 valence electrons. The van der Waals surface area contributed by atoms with Crippen LogP contribution in [0.25, 0.3) is 21.3 Å². The molecule has 4 rings (SSSR count). The van der Waals surface area contributed by atoms with E-state index in [0.29, 0.717) is 15.7 Å². The Balaban J connectivity index is 1.62. The number of nitrogens with one attached hydrogen (secondary N) is 1. The molecule has 0 bridgehead atoms. The number of hydrogen-bond donors (Lipinski definition) is 1. The Morgan fingerprint density at radius 2 is 2.12 bits per heavy atom. The van der Waals surface area contributed by atoms with Crippen molar-refractivity contribution in [1.82, 2.24) is 19.7 Å². The van der Waals surface area contributed by atoms with Crippen molar-refractivity contribution < 1.29 is 4.79 Å². The predicted molar refractivity (Wildman–Crippen MR) is 100 cm³/mol. The number of thiazole rings is 1. The molecule has 0 unspecified atom stereocenters. The van der Waals surface area contributed by atoms with Crippen LogP contribution in [-0.2, 0) is 0 Å². The quantitative estimate of drug-likeness (QED) is 0.574. The van der Waals surface area contributed by atoms with E-state index >= 15 is 0 Å². The lowest BCUT2D eigenvalue weighted by atomic mass is 10.2. The monoisotopic (exact) mass is 371 g/mol. The normalized spacial score (nSPS) is 11.5. The molecule has 0 atom stereocenters. The molecule has 1 aromatic carbocycles. The van der Waals surface area contributed by atoms with Gasteiger partial charge in [0.15, 0.2) is 10.8 Å². The second-order valence-electron chi connectivity index (χ2n) is 5.90. The number of carbonyl (C=O) groups is 1. The van der Waals surface area contributed by atoms with Crippen molar-refractivity contribution in [1.29, 1.82) is 0 Å². The Hall–Kier alpha value is -2.51. The number of benzene rings is 1. The van der Waals surface area contributed by atoms with Crippen molar-refractivity contribution in [3.8, 4) is 0 Å². The SMILES string of the molecule is CC(C)n1ncc2cc(C(=O)Nc3nc4ccc(Cl)cc4s3)cnc21. The maximum absolute atomic E-state index is 12.5. The molecule has 4 aromatic rings. The molecular formula is C17H14ClN5OS. The van der Waals surface area contributed by atoms with Gasteiger partial charge in [0.25, 0.3) is 5.91 Å². The zero-order chi connectivity index (χ0) is 17.6. The molecular weight excluding hydrogens is 358 g/mol. The molecule has 0 radical (unpaired) electrons. The Labute approximate surface area is 152 Å². The molecule has 0 spiro atoms. The first-order valence-corrected chi connectivity index (χ1v) is 8.91. The summed E-state index contributed by atoms with van der Waals surface area (Å²) < 4.78 is 2.75. The van der Waals surface area contributed by atoms with Crippen molar-refractivity contribution in [3.05, 3.63) is 47.2 Å². The summed E-state index contributed by atoms with van der Waals surface area (Å²) in [6, 6.07) is 7.43. The van der Waals surface area contributed by atoms with E-state index < -0.39 is 0 Å². The zero-order valence-electron chi connectivity index (χ0n) is 13.5. The number of hydrogen-bond acceptors (Lipinski definition) is 5. The van der Waals surface area contributed by atoms with Crippen molar-refractivity contribution in [2.45, 2.75) is 19.9 Å². The van der Waals surface area contributed by atoms with Crippen LogP contribution in [0.15, 0.2) is 36.7 Å². The molecule has 25 heavy (non-hydrogen) atoms. The maximum Gasteiger partial charge on any atom is 0.259 e. The van der Waals surface area contributed by atoms with Crippen LogP contribution in [0.3, 0.4) is 0 Å². The number of aromatic nitrogens is 4. The van der Waals surface area contributed by atoms with Gasteiger partial charge in [-0.2, -0.15) is 5.10 Å². The third kappa shape index (κ3) is 2.96. The van der Waals surface area contributed by atoms with Crippen LogP contribution in [0.4, 0.5) is 5.13 Å². The number of anilines is 1. The highest BCUT2D eigenvalue weighted by molar-refractivity contribution is 7.22. The van der Waals surface area contributed by atoms with Gasteiger partial charge in [0.05, 0.1) is 22.0 Å². The molecule has 8 heteroatoms. The lowest BCUT2D eigenvalue weighted by molar-refractivity contribution is 0.102. The second kappa shape index (κ2) is 6.09. The Morgan fingerprint density at radius 3 is 2.92 bits per heavy atom. The first-order valence-electron chi connectivity index (χ1n) is 7.72. The van der Waals surface area contributed by atoms with E-state index in [0.717, 1.165) is 21.3 Å². The summed E-state index contributed by atoms with van der Waals surface area (Å²) in [5.41, 5.74) is 2.03. The summed E-state index contributed by atoms with van der Waals surface area (Å²) in [6.07, 6.45) is 3.28. The summed E-state index contributed by atoms with van der Waals surface area (Å²) in [7, 11) is 0. The van der Waals surface area contributed by atoms with Gasteiger partial charge in [0.1, 0.15) is 0 Å². The molecule has 3 aromatic heterocycles. The second-order valence-corrected chi connectivity index (χ2v) is 7.37. The number of pyridine rings is 1. The smallest absolute Gasteiger partial charge is 0.259 e. The molecule has 0 saturated carbocycles. The molecule has 0 aliphatic carbocycles. The summed E-state index contributed by atoms with van der Waals surface area (Å²) in [4.78, 5) is 21.3. The van der Waals surface area contributed by atoms with Gasteiger partial charge >= 0.3 is 0 Å². The minimum absolute atomic E-state index is 0.208. The number of amides is 1. The summed E-state index contributed by atoms with van der Waals surface area (Å²) in [5, 5.41) is 9.14. The van der Waals surface area contributed by atoms with Crippen LogP contribution in [0.2, 0.25) is 5.02 Å². The average molecular weight is 372 g/mol. The van der Waals surface area contributed by atoms with Gasteiger partial charge in [-0.05, 0) is 38.1 Å². The highest BCUT2D eigenvalue weighted by Crippen LogP contribution is 2.28. The van der Waals surface area contributed by atoms with Gasteiger partial charge < -0.3 is 0 Å². The Morgan fingerprint density at radius 1 is 1.28 bits per heavy atom. The van der Waals surface area contributed by atoms with Crippen molar-refractivity contribution in [2.75, 3.05) is 5.32 Å². The van der Waals surface area contributed by atoms with Crippen LogP contribution in [0, 0.1) is 0 Å². The van der Waals surface area contributed by atoms with Gasteiger partial charge in [0.2, 0.25) is 0 Å². The minimum atomic E-state index is -0.253.